The molecule has 1 aliphatic rings. The van der Waals surface area contributed by atoms with Gasteiger partial charge in [0.1, 0.15) is 23.1 Å². The monoisotopic (exact) mass is 712 g/mol. The van der Waals surface area contributed by atoms with Crippen LogP contribution in [0.5, 0.6) is 5.75 Å². The summed E-state index contributed by atoms with van der Waals surface area (Å²) in [4.78, 5) is 70.8. The summed E-state index contributed by atoms with van der Waals surface area (Å²) in [7, 11) is 0. The summed E-state index contributed by atoms with van der Waals surface area (Å²) in [5.74, 6) is -7.20. The van der Waals surface area contributed by atoms with E-state index in [0.717, 1.165) is 5.56 Å². The smallest absolute Gasteiger partial charge is 0.481 e. The van der Waals surface area contributed by atoms with Gasteiger partial charge < -0.3 is 42.5 Å². The maximum atomic E-state index is 12.5. The van der Waals surface area contributed by atoms with E-state index in [9.17, 15) is 40.7 Å². The number of carboxylic acids is 2. The third-order valence-corrected chi connectivity index (χ3v) is 6.19. The summed E-state index contributed by atoms with van der Waals surface area (Å²) in [6.45, 7) is 1.43. The molecule has 5 rings (SSSR count). The number of aromatic amines is 1. The topological polar surface area (TPSA) is 280 Å². The zero-order valence-corrected chi connectivity index (χ0v) is 24.9. The van der Waals surface area contributed by atoms with Crippen LogP contribution in [-0.4, -0.2) is 78.3 Å². The lowest BCUT2D eigenvalue weighted by Crippen LogP contribution is -2.31. The first-order chi connectivity index (χ1) is 23.1. The van der Waals surface area contributed by atoms with Crippen LogP contribution in [0.1, 0.15) is 27.6 Å². The number of primary amides is 3. The van der Waals surface area contributed by atoms with Crippen molar-refractivity contribution in [3.05, 3.63) is 60.0 Å². The fraction of sp³-hybridized carbons (Fsp3) is 0.143. The van der Waals surface area contributed by atoms with E-state index in [-0.39, 0.29) is 28.3 Å². The summed E-state index contributed by atoms with van der Waals surface area (Å²) in [5, 5.41) is 17.5. The quantitative estimate of drug-likeness (QED) is 0.125. The van der Waals surface area contributed by atoms with E-state index < -0.39 is 48.1 Å². The number of carboxylic acid groups (broad SMARTS) is 2. The summed E-state index contributed by atoms with van der Waals surface area (Å²) < 4.78 is 69.0. The molecule has 3 aromatic heterocycles. The van der Waals surface area contributed by atoms with Gasteiger partial charge >= 0.3 is 24.3 Å². The van der Waals surface area contributed by atoms with Crippen molar-refractivity contribution in [3.8, 4) is 39.7 Å². The largest absolute Gasteiger partial charge is 0.490 e. The Bertz CT molecular complexity index is 1860. The molecule has 0 saturated carbocycles. The van der Waals surface area contributed by atoms with E-state index in [0.29, 0.717) is 28.5 Å². The maximum Gasteiger partial charge on any atom is 0.490 e. The lowest BCUT2D eigenvalue weighted by atomic mass is 9.98. The van der Waals surface area contributed by atoms with Gasteiger partial charge in [-0.2, -0.15) is 26.3 Å². The number of aliphatic carboxylic acids is 2. The number of ether oxygens (including phenoxy) is 1. The number of rotatable bonds is 6. The van der Waals surface area contributed by atoms with Gasteiger partial charge in [-0.25, -0.2) is 19.6 Å². The predicted octanol–water partition coefficient (Wildman–Crippen LogP) is 2.97. The van der Waals surface area contributed by atoms with Gasteiger partial charge in [-0.05, 0) is 37.3 Å². The average molecular weight is 713 g/mol. The summed E-state index contributed by atoms with van der Waals surface area (Å²) in [6, 6.07) is 8.02. The van der Waals surface area contributed by atoms with Gasteiger partial charge in [-0.15, -0.1) is 0 Å². The highest BCUT2D eigenvalue weighted by molar-refractivity contribution is 6.09. The number of benzene rings is 1. The number of halogens is 6. The Morgan fingerprint density at radius 1 is 0.860 bits per heavy atom. The number of nitrogens with two attached hydrogens (primary N) is 3. The fourth-order valence-electron chi connectivity index (χ4n) is 4.01. The third-order valence-electron chi connectivity index (χ3n) is 6.19. The van der Waals surface area contributed by atoms with E-state index in [1.807, 2.05) is 6.07 Å². The molecule has 3 amide bonds. The van der Waals surface area contributed by atoms with Crippen molar-refractivity contribution in [1.29, 1.82) is 0 Å². The lowest BCUT2D eigenvalue weighted by Gasteiger charge is -2.16. The molecule has 264 valence electrons. The molecule has 22 heteroatoms. The van der Waals surface area contributed by atoms with E-state index in [2.05, 4.69) is 20.3 Å². The van der Waals surface area contributed by atoms with Gasteiger partial charge in [0.25, 0.3) is 5.91 Å². The fourth-order valence-corrected chi connectivity index (χ4v) is 4.01. The van der Waals surface area contributed by atoms with E-state index >= 15 is 0 Å². The molecule has 0 aliphatic carbocycles. The molecule has 0 fully saturated rings. The number of hydrogen-bond donors (Lipinski definition) is 7. The number of aromatic nitrogens is 4. The normalized spacial score (nSPS) is 12.0. The number of carbonyl (C=O) groups excluding carboxylic acids is 3. The Labute approximate surface area is 274 Å². The van der Waals surface area contributed by atoms with Crippen LogP contribution >= 0.6 is 0 Å². The number of pyridine rings is 2. The molecule has 1 unspecified atom stereocenters. The van der Waals surface area contributed by atoms with Gasteiger partial charge in [0, 0.05) is 29.1 Å². The van der Waals surface area contributed by atoms with Crippen molar-refractivity contribution < 1.29 is 65.3 Å². The van der Waals surface area contributed by atoms with Gasteiger partial charge in [-0.1, -0.05) is 0 Å². The molecular weight excluding hydrogens is 690 g/mol. The Morgan fingerprint density at radius 3 is 1.88 bits per heavy atom. The van der Waals surface area contributed by atoms with Gasteiger partial charge in [0.2, 0.25) is 11.8 Å². The van der Waals surface area contributed by atoms with Crippen molar-refractivity contribution >= 4 is 41.2 Å². The number of H-pyrrole nitrogens is 1. The second-order valence-corrected chi connectivity index (χ2v) is 9.65. The van der Waals surface area contributed by atoms with Crippen molar-refractivity contribution in [2.75, 3.05) is 5.32 Å². The summed E-state index contributed by atoms with van der Waals surface area (Å²) >= 11 is 0. The van der Waals surface area contributed by atoms with Crippen LogP contribution in [-0.2, 0) is 14.4 Å². The van der Waals surface area contributed by atoms with Crippen LogP contribution in [0.4, 0.5) is 37.8 Å². The standard InChI is InChI=1S/C24H20N8O4.2C2HF3O2/c1-10(20(25)33)36-11-7-14(21(26)34)17(15(8-11)22(27)35)24-31-18-12-4-6-28-9-16(12)30-23-13(19(18)32-24)3-2-5-29-23;2*3-2(4,5)1(6)7/h2-10H,1H3,(H2,25,33)(H2,26,34)(H2,27,35)(H,29,30)(H,31,32);2*(H,6,7). The second-order valence-electron chi connectivity index (χ2n) is 9.65. The molecule has 10 N–H and O–H groups in total. The highest BCUT2D eigenvalue weighted by Gasteiger charge is 2.39. The molecular formula is C28H22F6N8O8. The number of alkyl halides is 6. The molecule has 0 saturated heterocycles. The van der Waals surface area contributed by atoms with Gasteiger partial charge in [-0.3, -0.25) is 19.4 Å². The maximum absolute atomic E-state index is 12.5. The molecule has 1 aromatic carbocycles. The molecule has 1 aliphatic heterocycles. The van der Waals surface area contributed by atoms with Crippen LogP contribution in [0.3, 0.4) is 0 Å². The van der Waals surface area contributed by atoms with Crippen molar-refractivity contribution in [1.82, 2.24) is 19.9 Å². The first-order valence-corrected chi connectivity index (χ1v) is 13.2. The van der Waals surface area contributed by atoms with Crippen molar-refractivity contribution in [2.45, 2.75) is 25.4 Å². The molecule has 0 bridgehead atoms. The Morgan fingerprint density at radius 2 is 1.40 bits per heavy atom. The Kier molecular flexibility index (Phi) is 11.0. The highest BCUT2D eigenvalue weighted by atomic mass is 19.4. The summed E-state index contributed by atoms with van der Waals surface area (Å²) in [5.41, 5.74) is 19.8. The first kappa shape index (κ1) is 37.7. The molecule has 4 aromatic rings. The van der Waals surface area contributed by atoms with Gasteiger partial charge in [0.15, 0.2) is 6.10 Å². The van der Waals surface area contributed by atoms with Gasteiger partial charge in [0.05, 0.1) is 28.7 Å². The number of fused-ring (bicyclic) bond motifs is 5. The minimum atomic E-state index is -5.08. The van der Waals surface area contributed by atoms with Crippen molar-refractivity contribution in [2.24, 2.45) is 17.2 Å². The zero-order chi connectivity index (χ0) is 37.7. The first-order valence-electron chi connectivity index (χ1n) is 13.2. The number of carbonyl (C=O) groups is 5. The van der Waals surface area contributed by atoms with E-state index in [1.165, 1.54) is 19.1 Å². The Balaban J connectivity index is 0.000000408. The summed E-state index contributed by atoms with van der Waals surface area (Å²) in [6.07, 6.45) is -6.27. The number of hydrogen-bond acceptors (Lipinski definition) is 10. The van der Waals surface area contributed by atoms with Crippen LogP contribution < -0.4 is 27.3 Å². The lowest BCUT2D eigenvalue weighted by molar-refractivity contribution is -0.193. The zero-order valence-electron chi connectivity index (χ0n) is 24.9. The Hall–Kier alpha value is -6.74. The van der Waals surface area contributed by atoms with Crippen LogP contribution in [0.15, 0.2) is 48.9 Å². The predicted molar refractivity (Wildman–Crippen MR) is 157 cm³/mol. The second kappa shape index (κ2) is 14.6. The molecule has 0 radical (unpaired) electrons. The minimum Gasteiger partial charge on any atom is -0.481 e. The third kappa shape index (κ3) is 8.78. The molecule has 16 nitrogen and oxygen atoms in total. The van der Waals surface area contributed by atoms with E-state index in [4.69, 9.17) is 46.7 Å². The number of amides is 3. The molecule has 4 heterocycles. The van der Waals surface area contributed by atoms with Crippen LogP contribution in [0.25, 0.3) is 33.9 Å². The highest BCUT2D eigenvalue weighted by Crippen LogP contribution is 2.43. The number of nitrogens with zero attached hydrogens (tertiary/aromatic N) is 3. The number of imidazole rings is 1. The molecule has 50 heavy (non-hydrogen) atoms. The average Bonchev–Trinajstić information content (AvgIpc) is 3.40. The van der Waals surface area contributed by atoms with Crippen molar-refractivity contribution in [3.63, 3.8) is 0 Å². The van der Waals surface area contributed by atoms with E-state index in [1.54, 1.807) is 30.7 Å². The van der Waals surface area contributed by atoms with Crippen LogP contribution in [0.2, 0.25) is 0 Å². The van der Waals surface area contributed by atoms with Crippen LogP contribution in [0, 0.1) is 0 Å². The minimum absolute atomic E-state index is 0.0240. The molecule has 0 spiro atoms. The number of anilines is 2. The SMILES string of the molecule is CC(Oc1cc(C(N)=O)c(-c2nc3c([nH]2)-c2ccncc2Nc2ncccc2-3)c(C(N)=O)c1)C(N)=O.O=C(O)C(F)(F)F.O=C(O)C(F)(F)F. The number of nitrogens with one attached hydrogen (secondary N) is 2. The molecule has 1 atom stereocenters.